The lowest BCUT2D eigenvalue weighted by atomic mass is 10.1. The first-order valence-corrected chi connectivity index (χ1v) is 8.08. The van der Waals surface area contributed by atoms with Gasteiger partial charge in [0.25, 0.3) is 5.91 Å². The van der Waals surface area contributed by atoms with Crippen molar-refractivity contribution >= 4 is 15.9 Å². The van der Waals surface area contributed by atoms with Gasteiger partial charge in [-0.2, -0.15) is 4.39 Å². The van der Waals surface area contributed by atoms with E-state index in [-0.39, 0.29) is 17.5 Å². The van der Waals surface area contributed by atoms with Crippen LogP contribution in [-0.2, 0) is 10.0 Å². The van der Waals surface area contributed by atoms with Crippen molar-refractivity contribution < 1.29 is 17.6 Å². The Morgan fingerprint density at radius 2 is 2.10 bits per heavy atom. The van der Waals surface area contributed by atoms with E-state index in [2.05, 4.69) is 10.3 Å². The van der Waals surface area contributed by atoms with Crippen molar-refractivity contribution in [2.24, 2.45) is 0 Å². The third-order valence-electron chi connectivity index (χ3n) is 3.25. The van der Waals surface area contributed by atoms with Crippen LogP contribution in [0.25, 0.3) is 0 Å². The van der Waals surface area contributed by atoms with Crippen molar-refractivity contribution in [2.45, 2.75) is 18.9 Å². The van der Waals surface area contributed by atoms with Gasteiger partial charge in [0.15, 0.2) is 0 Å². The Morgan fingerprint density at radius 1 is 1.45 bits per heavy atom. The number of halogens is 1. The van der Waals surface area contributed by atoms with E-state index in [1.54, 1.807) is 0 Å². The monoisotopic (exact) mass is 301 g/mol. The van der Waals surface area contributed by atoms with E-state index in [4.69, 9.17) is 0 Å². The second-order valence-corrected chi connectivity index (χ2v) is 6.76. The number of hydrogen-bond donors (Lipinski definition) is 1. The molecular formula is C12H16FN3O3S. The number of rotatable bonds is 3. The Labute approximate surface area is 117 Å². The summed E-state index contributed by atoms with van der Waals surface area (Å²) in [5.41, 5.74) is 0.211. The molecule has 1 N–H and O–H groups in total. The van der Waals surface area contributed by atoms with Gasteiger partial charge in [-0.1, -0.05) is 0 Å². The molecule has 1 saturated heterocycles. The summed E-state index contributed by atoms with van der Waals surface area (Å²) < 4.78 is 37.0. The first-order valence-electron chi connectivity index (χ1n) is 6.24. The Morgan fingerprint density at radius 3 is 2.65 bits per heavy atom. The van der Waals surface area contributed by atoms with Crippen LogP contribution in [0.1, 0.15) is 23.2 Å². The largest absolute Gasteiger partial charge is 0.349 e. The zero-order valence-electron chi connectivity index (χ0n) is 11.0. The number of carbonyl (C=O) groups is 1. The standard InChI is InChI=1S/C12H16FN3O3S/c1-20(18,19)16-6-3-10(4-7-16)15-12(17)9-2-5-14-11(13)8-9/h2,5,8,10H,3-4,6-7H2,1H3,(H,15,17). The fourth-order valence-electron chi connectivity index (χ4n) is 2.14. The van der Waals surface area contributed by atoms with E-state index < -0.39 is 16.0 Å². The average Bonchev–Trinajstić information content (AvgIpc) is 2.38. The Balaban J connectivity index is 1.91. The lowest BCUT2D eigenvalue weighted by molar-refractivity contribution is 0.0923. The van der Waals surface area contributed by atoms with E-state index >= 15 is 0 Å². The lowest BCUT2D eigenvalue weighted by Gasteiger charge is -2.30. The van der Waals surface area contributed by atoms with Gasteiger partial charge < -0.3 is 5.32 Å². The van der Waals surface area contributed by atoms with Crippen molar-refractivity contribution in [3.05, 3.63) is 29.8 Å². The van der Waals surface area contributed by atoms with Crippen molar-refractivity contribution in [3.63, 3.8) is 0 Å². The molecule has 2 rings (SSSR count). The maximum Gasteiger partial charge on any atom is 0.251 e. The molecule has 0 atom stereocenters. The zero-order valence-corrected chi connectivity index (χ0v) is 11.9. The van der Waals surface area contributed by atoms with Gasteiger partial charge in [-0.15, -0.1) is 0 Å². The van der Waals surface area contributed by atoms with Crippen LogP contribution < -0.4 is 5.32 Å². The molecule has 1 aliphatic rings. The summed E-state index contributed by atoms with van der Waals surface area (Å²) >= 11 is 0. The van der Waals surface area contributed by atoms with Crippen molar-refractivity contribution in [2.75, 3.05) is 19.3 Å². The maximum atomic E-state index is 12.9. The maximum absolute atomic E-state index is 12.9. The highest BCUT2D eigenvalue weighted by atomic mass is 32.2. The van der Waals surface area contributed by atoms with E-state index in [0.717, 1.165) is 6.07 Å². The summed E-state index contributed by atoms with van der Waals surface area (Å²) in [5, 5.41) is 2.78. The number of sulfonamides is 1. The molecule has 1 aromatic heterocycles. The fourth-order valence-corrected chi connectivity index (χ4v) is 3.02. The van der Waals surface area contributed by atoms with E-state index in [9.17, 15) is 17.6 Å². The van der Waals surface area contributed by atoms with Crippen LogP contribution in [0.3, 0.4) is 0 Å². The molecule has 0 unspecified atom stereocenters. The smallest absolute Gasteiger partial charge is 0.251 e. The molecule has 0 bridgehead atoms. The first-order chi connectivity index (χ1) is 9.36. The Hall–Kier alpha value is -1.54. The van der Waals surface area contributed by atoms with Crippen molar-refractivity contribution in [3.8, 4) is 0 Å². The van der Waals surface area contributed by atoms with Gasteiger partial charge >= 0.3 is 0 Å². The van der Waals surface area contributed by atoms with Gasteiger partial charge in [-0.3, -0.25) is 4.79 Å². The Bertz CT molecular complexity index is 598. The van der Waals surface area contributed by atoms with Crippen LogP contribution in [0.5, 0.6) is 0 Å². The Kier molecular flexibility index (Phi) is 4.34. The predicted octanol–water partition coefficient (Wildman–Crippen LogP) is 0.375. The highest BCUT2D eigenvalue weighted by Gasteiger charge is 2.25. The van der Waals surface area contributed by atoms with Crippen LogP contribution in [-0.4, -0.2) is 49.0 Å². The number of amides is 1. The second kappa shape index (κ2) is 5.84. The summed E-state index contributed by atoms with van der Waals surface area (Å²) in [7, 11) is -3.17. The lowest BCUT2D eigenvalue weighted by Crippen LogP contribution is -2.46. The van der Waals surface area contributed by atoms with Crippen molar-refractivity contribution in [1.29, 1.82) is 0 Å². The van der Waals surface area contributed by atoms with Gasteiger partial charge in [0.1, 0.15) is 0 Å². The van der Waals surface area contributed by atoms with Gasteiger partial charge in [-0.05, 0) is 18.9 Å². The molecule has 0 spiro atoms. The van der Waals surface area contributed by atoms with E-state index in [1.165, 1.54) is 22.8 Å². The van der Waals surface area contributed by atoms with E-state index in [0.29, 0.717) is 25.9 Å². The van der Waals surface area contributed by atoms with Crippen molar-refractivity contribution in [1.82, 2.24) is 14.6 Å². The summed E-state index contributed by atoms with van der Waals surface area (Å²) in [4.78, 5) is 15.3. The third-order valence-corrected chi connectivity index (χ3v) is 4.55. The highest BCUT2D eigenvalue weighted by molar-refractivity contribution is 7.88. The molecule has 0 saturated carbocycles. The quantitative estimate of drug-likeness (QED) is 0.818. The molecule has 2 heterocycles. The number of aromatic nitrogens is 1. The van der Waals surface area contributed by atoms with Gasteiger partial charge in [0.2, 0.25) is 16.0 Å². The topological polar surface area (TPSA) is 79.4 Å². The number of piperidine rings is 1. The molecule has 6 nitrogen and oxygen atoms in total. The molecular weight excluding hydrogens is 285 g/mol. The normalized spacial score (nSPS) is 17.9. The fraction of sp³-hybridized carbons (Fsp3) is 0.500. The number of nitrogens with zero attached hydrogens (tertiary/aromatic N) is 2. The van der Waals surface area contributed by atoms with Crippen LogP contribution in [0, 0.1) is 5.95 Å². The van der Waals surface area contributed by atoms with Gasteiger partial charge in [-0.25, -0.2) is 17.7 Å². The molecule has 1 aromatic rings. The zero-order chi connectivity index (χ0) is 14.8. The minimum absolute atomic E-state index is 0.100. The van der Waals surface area contributed by atoms with Crippen LogP contribution in [0.2, 0.25) is 0 Å². The molecule has 20 heavy (non-hydrogen) atoms. The summed E-state index contributed by atoms with van der Waals surface area (Å²) in [6.45, 7) is 0.767. The van der Waals surface area contributed by atoms with Crippen LogP contribution in [0.4, 0.5) is 4.39 Å². The summed E-state index contributed by atoms with van der Waals surface area (Å²) in [6, 6.07) is 2.40. The number of hydrogen-bond acceptors (Lipinski definition) is 4. The molecule has 1 fully saturated rings. The number of carbonyl (C=O) groups excluding carboxylic acids is 1. The minimum atomic E-state index is -3.17. The second-order valence-electron chi connectivity index (χ2n) is 4.78. The number of nitrogens with one attached hydrogen (secondary N) is 1. The van der Waals surface area contributed by atoms with Crippen LogP contribution in [0.15, 0.2) is 18.3 Å². The summed E-state index contributed by atoms with van der Waals surface area (Å²) in [6.07, 6.45) is 3.50. The van der Waals surface area contributed by atoms with Gasteiger partial charge in [0, 0.05) is 37.0 Å². The third kappa shape index (κ3) is 3.73. The molecule has 110 valence electrons. The average molecular weight is 301 g/mol. The molecule has 0 aromatic carbocycles. The molecule has 1 aliphatic heterocycles. The number of pyridine rings is 1. The predicted molar refractivity (Wildman–Crippen MR) is 71.1 cm³/mol. The minimum Gasteiger partial charge on any atom is -0.349 e. The molecule has 8 heteroatoms. The first kappa shape index (κ1) is 14.9. The van der Waals surface area contributed by atoms with Gasteiger partial charge in [0.05, 0.1) is 6.26 Å². The van der Waals surface area contributed by atoms with E-state index in [1.807, 2.05) is 0 Å². The summed E-state index contributed by atoms with van der Waals surface area (Å²) in [5.74, 6) is -1.08. The van der Waals surface area contributed by atoms with Crippen LogP contribution >= 0.6 is 0 Å². The SMILES string of the molecule is CS(=O)(=O)N1CCC(NC(=O)c2ccnc(F)c2)CC1. The highest BCUT2D eigenvalue weighted by Crippen LogP contribution is 2.14. The molecule has 0 aliphatic carbocycles. The molecule has 0 radical (unpaired) electrons. The molecule has 1 amide bonds.